The Bertz CT molecular complexity index is 1160. The SMILES string of the molecule is CCc1nc(Cl)c2n1CCN([C@@H](C(=O)NC)c1ccccc1)[C@@H]2CCc1cc(F)c(C)c(F)c1. The fourth-order valence-electron chi connectivity index (χ4n) is 4.87. The third kappa shape index (κ3) is 4.59. The van der Waals surface area contributed by atoms with E-state index in [2.05, 4.69) is 19.8 Å². The van der Waals surface area contributed by atoms with E-state index in [-0.39, 0.29) is 17.5 Å². The molecular formula is C26H29ClF2N4O. The average molecular weight is 487 g/mol. The Hall–Kier alpha value is -2.77. The summed E-state index contributed by atoms with van der Waals surface area (Å²) in [6.07, 6.45) is 1.68. The molecule has 0 unspecified atom stereocenters. The lowest BCUT2D eigenvalue weighted by molar-refractivity contribution is -0.128. The van der Waals surface area contributed by atoms with Gasteiger partial charge in [0.2, 0.25) is 5.91 Å². The van der Waals surface area contributed by atoms with Crippen molar-refractivity contribution in [2.24, 2.45) is 0 Å². The summed E-state index contributed by atoms with van der Waals surface area (Å²) in [6, 6.07) is 11.6. The number of imidazole rings is 1. The van der Waals surface area contributed by atoms with Crippen molar-refractivity contribution in [3.63, 3.8) is 0 Å². The van der Waals surface area contributed by atoms with E-state index in [1.165, 1.54) is 19.1 Å². The fourth-order valence-corrected chi connectivity index (χ4v) is 5.19. The number of amides is 1. The number of benzene rings is 2. The zero-order valence-corrected chi connectivity index (χ0v) is 20.4. The Kier molecular flexibility index (Phi) is 7.33. The van der Waals surface area contributed by atoms with Crippen molar-refractivity contribution in [3.8, 4) is 0 Å². The summed E-state index contributed by atoms with van der Waals surface area (Å²) in [5.74, 6) is -0.338. The number of aryl methyl sites for hydroxylation is 2. The molecule has 0 spiro atoms. The third-order valence-electron chi connectivity index (χ3n) is 6.64. The van der Waals surface area contributed by atoms with Gasteiger partial charge in [-0.2, -0.15) is 0 Å². The van der Waals surface area contributed by atoms with Gasteiger partial charge in [-0.25, -0.2) is 13.8 Å². The normalized spacial score (nSPS) is 16.8. The van der Waals surface area contributed by atoms with Gasteiger partial charge >= 0.3 is 0 Å². The summed E-state index contributed by atoms with van der Waals surface area (Å²) in [5.41, 5.74) is 2.31. The minimum atomic E-state index is -0.556. The van der Waals surface area contributed by atoms with Crippen LogP contribution in [0, 0.1) is 18.6 Å². The van der Waals surface area contributed by atoms with E-state index in [1.54, 1.807) is 7.05 Å². The van der Waals surface area contributed by atoms with Crippen LogP contribution < -0.4 is 5.32 Å². The Morgan fingerprint density at radius 3 is 2.50 bits per heavy atom. The minimum absolute atomic E-state index is 0.0144. The first-order valence-corrected chi connectivity index (χ1v) is 11.9. The molecule has 2 heterocycles. The van der Waals surface area contributed by atoms with E-state index in [0.29, 0.717) is 36.6 Å². The molecule has 0 aliphatic carbocycles. The molecule has 1 N–H and O–H groups in total. The van der Waals surface area contributed by atoms with Crippen LogP contribution in [0.4, 0.5) is 8.78 Å². The van der Waals surface area contributed by atoms with Crippen LogP contribution in [0.2, 0.25) is 5.15 Å². The fraction of sp³-hybridized carbons (Fsp3) is 0.385. The Morgan fingerprint density at radius 2 is 1.88 bits per heavy atom. The number of aromatic nitrogens is 2. The topological polar surface area (TPSA) is 50.2 Å². The maximum Gasteiger partial charge on any atom is 0.241 e. The van der Waals surface area contributed by atoms with Gasteiger partial charge in [0.1, 0.15) is 23.5 Å². The van der Waals surface area contributed by atoms with Crippen LogP contribution in [0.5, 0.6) is 0 Å². The van der Waals surface area contributed by atoms with E-state index in [4.69, 9.17) is 11.6 Å². The first kappa shape index (κ1) is 24.4. The van der Waals surface area contributed by atoms with Crippen LogP contribution in [-0.2, 0) is 24.2 Å². The molecule has 1 aromatic heterocycles. The number of carbonyl (C=O) groups excluding carboxylic acids is 1. The molecule has 8 heteroatoms. The zero-order valence-electron chi connectivity index (χ0n) is 19.6. The first-order chi connectivity index (χ1) is 16.3. The van der Waals surface area contributed by atoms with E-state index < -0.39 is 17.7 Å². The van der Waals surface area contributed by atoms with Gasteiger partial charge in [-0.1, -0.05) is 48.9 Å². The first-order valence-electron chi connectivity index (χ1n) is 11.6. The van der Waals surface area contributed by atoms with E-state index >= 15 is 0 Å². The second-order valence-corrected chi connectivity index (χ2v) is 8.97. The van der Waals surface area contributed by atoms with Crippen molar-refractivity contribution in [2.75, 3.05) is 13.6 Å². The highest BCUT2D eigenvalue weighted by atomic mass is 35.5. The molecular weight excluding hydrogens is 458 g/mol. The molecule has 1 aliphatic rings. The molecule has 3 aromatic rings. The van der Waals surface area contributed by atoms with Crippen molar-refractivity contribution in [3.05, 3.63) is 87.5 Å². The minimum Gasteiger partial charge on any atom is -0.358 e. The molecule has 1 aliphatic heterocycles. The van der Waals surface area contributed by atoms with Crippen molar-refractivity contribution in [1.29, 1.82) is 0 Å². The van der Waals surface area contributed by atoms with Crippen LogP contribution in [0.3, 0.4) is 0 Å². The Morgan fingerprint density at radius 1 is 1.21 bits per heavy atom. The van der Waals surface area contributed by atoms with Gasteiger partial charge in [-0.3, -0.25) is 9.69 Å². The van der Waals surface area contributed by atoms with Gasteiger partial charge in [0.25, 0.3) is 0 Å². The van der Waals surface area contributed by atoms with E-state index in [9.17, 15) is 13.6 Å². The van der Waals surface area contributed by atoms with Gasteiger partial charge in [0, 0.05) is 32.1 Å². The molecule has 4 rings (SSSR count). The maximum atomic E-state index is 14.2. The van der Waals surface area contributed by atoms with Gasteiger partial charge in [-0.15, -0.1) is 0 Å². The number of hydrogen-bond donors (Lipinski definition) is 1. The van der Waals surface area contributed by atoms with Crippen molar-refractivity contribution in [2.45, 2.75) is 51.7 Å². The third-order valence-corrected chi connectivity index (χ3v) is 6.92. The molecule has 0 saturated carbocycles. The lowest BCUT2D eigenvalue weighted by Crippen LogP contribution is -2.46. The predicted octanol–water partition coefficient (Wildman–Crippen LogP) is 5.16. The number of nitrogens with zero attached hydrogens (tertiary/aromatic N) is 3. The molecule has 2 atom stereocenters. The molecule has 34 heavy (non-hydrogen) atoms. The number of halogens is 3. The van der Waals surface area contributed by atoms with Gasteiger partial charge in [-0.05, 0) is 43.0 Å². The second-order valence-electron chi connectivity index (χ2n) is 8.61. The molecule has 0 bridgehead atoms. The summed E-state index contributed by atoms with van der Waals surface area (Å²) >= 11 is 6.64. The molecule has 2 aromatic carbocycles. The largest absolute Gasteiger partial charge is 0.358 e. The molecule has 0 fully saturated rings. The van der Waals surface area contributed by atoms with Gasteiger partial charge < -0.3 is 9.88 Å². The number of likely N-dealkylation sites (N-methyl/N-ethyl adjacent to an activating group) is 1. The van der Waals surface area contributed by atoms with Crippen molar-refractivity contribution in [1.82, 2.24) is 19.8 Å². The quantitative estimate of drug-likeness (QED) is 0.501. The van der Waals surface area contributed by atoms with Gasteiger partial charge in [0.05, 0.1) is 11.7 Å². The van der Waals surface area contributed by atoms with Crippen LogP contribution in [0.1, 0.15) is 53.6 Å². The molecule has 0 saturated heterocycles. The Labute approximate surface area is 203 Å². The lowest BCUT2D eigenvalue weighted by atomic mass is 9.95. The average Bonchev–Trinajstić information content (AvgIpc) is 3.18. The van der Waals surface area contributed by atoms with E-state index in [0.717, 1.165) is 23.5 Å². The van der Waals surface area contributed by atoms with Crippen LogP contribution in [0.25, 0.3) is 0 Å². The zero-order chi connectivity index (χ0) is 24.4. The number of hydrogen-bond acceptors (Lipinski definition) is 3. The molecule has 1 amide bonds. The number of nitrogens with one attached hydrogen (secondary N) is 1. The van der Waals surface area contributed by atoms with Gasteiger partial charge in [0.15, 0.2) is 5.15 Å². The second kappa shape index (κ2) is 10.2. The predicted molar refractivity (Wildman–Crippen MR) is 129 cm³/mol. The summed E-state index contributed by atoms with van der Waals surface area (Å²) in [7, 11) is 1.63. The molecule has 5 nitrogen and oxygen atoms in total. The van der Waals surface area contributed by atoms with Crippen LogP contribution in [0.15, 0.2) is 42.5 Å². The molecule has 0 radical (unpaired) electrons. The highest BCUT2D eigenvalue weighted by molar-refractivity contribution is 6.30. The van der Waals surface area contributed by atoms with Crippen LogP contribution >= 0.6 is 11.6 Å². The summed E-state index contributed by atoms with van der Waals surface area (Å²) in [5, 5.41) is 3.21. The highest BCUT2D eigenvalue weighted by Gasteiger charge is 2.39. The monoisotopic (exact) mass is 486 g/mol. The number of carbonyl (C=O) groups is 1. The highest BCUT2D eigenvalue weighted by Crippen LogP contribution is 2.40. The lowest BCUT2D eigenvalue weighted by Gasteiger charge is -2.41. The Balaban J connectivity index is 1.75. The number of rotatable bonds is 7. The maximum absolute atomic E-state index is 14.2. The van der Waals surface area contributed by atoms with E-state index in [1.807, 2.05) is 37.3 Å². The van der Waals surface area contributed by atoms with Crippen molar-refractivity contribution < 1.29 is 13.6 Å². The summed E-state index contributed by atoms with van der Waals surface area (Å²) < 4.78 is 30.5. The number of fused-ring (bicyclic) bond motifs is 1. The molecule has 180 valence electrons. The summed E-state index contributed by atoms with van der Waals surface area (Å²) in [4.78, 5) is 19.8. The van der Waals surface area contributed by atoms with Crippen LogP contribution in [-0.4, -0.2) is 34.0 Å². The smallest absolute Gasteiger partial charge is 0.241 e. The summed E-state index contributed by atoms with van der Waals surface area (Å²) in [6.45, 7) is 4.72. The standard InChI is InChI=1S/C26H29ClF2N4O/c1-4-22-31-25(27)24-21(11-10-17-14-19(28)16(2)20(29)15-17)32(12-13-33(22)24)23(26(34)30-3)18-8-6-5-7-9-18/h5-9,14-15,21,23H,4,10-13H2,1-3H3,(H,30,34)/t21-,23-/m1/s1. The van der Waals surface area contributed by atoms with Crippen molar-refractivity contribution >= 4 is 17.5 Å².